The average Bonchev–Trinajstić information content (AvgIpc) is 3.32. The van der Waals surface area contributed by atoms with Crippen LogP contribution in [0.4, 0.5) is 5.69 Å². The van der Waals surface area contributed by atoms with Gasteiger partial charge >= 0.3 is 11.6 Å². The van der Waals surface area contributed by atoms with E-state index in [1.54, 1.807) is 31.5 Å². The molecular weight excluding hydrogens is 523 g/mol. The second kappa shape index (κ2) is 13.7. The number of hydrogen-bond acceptors (Lipinski definition) is 9. The molecule has 14 heteroatoms. The van der Waals surface area contributed by atoms with Gasteiger partial charge in [-0.05, 0) is 32.4 Å². The summed E-state index contributed by atoms with van der Waals surface area (Å²) in [6.45, 7) is 13.5. The van der Waals surface area contributed by atoms with E-state index in [1.165, 1.54) is 24.4 Å². The maximum Gasteiger partial charge on any atom is 0.353 e. The summed E-state index contributed by atoms with van der Waals surface area (Å²) in [5.41, 5.74) is 1.41. The number of allylic oxidation sites excluding steroid dienone is 2. The van der Waals surface area contributed by atoms with Crippen LogP contribution in [0.1, 0.15) is 46.2 Å². The van der Waals surface area contributed by atoms with Crippen molar-refractivity contribution in [3.63, 3.8) is 0 Å². The van der Waals surface area contributed by atoms with E-state index in [1.807, 2.05) is 0 Å². The number of ether oxygens (including phenoxy) is 2. The SMILES string of the molecule is C=C(C)N=C(OC)/C(=C\C)n1nc(OCCCn2nc(Cl)c3cnc(Cl)nc32)c([N+](=O)[O-])c1C.CCC. The molecule has 3 rings (SSSR count). The van der Waals surface area contributed by atoms with Gasteiger partial charge in [-0.1, -0.05) is 44.5 Å². The first-order valence-electron chi connectivity index (χ1n) is 11.5. The molecule has 0 saturated heterocycles. The lowest BCUT2D eigenvalue weighted by Gasteiger charge is -2.10. The fraction of sp³-hybridized carbons (Fsp3) is 0.435. The number of fused-ring (bicyclic) bond motifs is 1. The number of rotatable bonds is 9. The van der Waals surface area contributed by atoms with Gasteiger partial charge < -0.3 is 9.47 Å². The molecule has 0 spiro atoms. The summed E-state index contributed by atoms with van der Waals surface area (Å²) in [7, 11) is 1.44. The fourth-order valence-electron chi connectivity index (χ4n) is 3.17. The second-order valence-electron chi connectivity index (χ2n) is 7.74. The summed E-state index contributed by atoms with van der Waals surface area (Å²) < 4.78 is 13.9. The van der Waals surface area contributed by atoms with E-state index in [0.717, 1.165) is 0 Å². The van der Waals surface area contributed by atoms with Crippen molar-refractivity contribution in [2.75, 3.05) is 13.7 Å². The van der Waals surface area contributed by atoms with Crippen molar-refractivity contribution in [3.8, 4) is 5.88 Å². The number of aryl methyl sites for hydroxylation is 1. The molecule has 12 nitrogen and oxygen atoms in total. The summed E-state index contributed by atoms with van der Waals surface area (Å²) in [6, 6.07) is 0. The summed E-state index contributed by atoms with van der Waals surface area (Å²) >= 11 is 12.0. The number of aromatic nitrogens is 6. The smallest absolute Gasteiger partial charge is 0.353 e. The molecule has 0 fully saturated rings. The summed E-state index contributed by atoms with van der Waals surface area (Å²) in [4.78, 5) is 23.5. The van der Waals surface area contributed by atoms with Crippen molar-refractivity contribution in [1.29, 1.82) is 0 Å². The number of aliphatic imine (C=N–C) groups is 1. The van der Waals surface area contributed by atoms with Crippen molar-refractivity contribution in [1.82, 2.24) is 29.5 Å². The summed E-state index contributed by atoms with van der Waals surface area (Å²) in [5.74, 6) is 0.0893. The molecule has 0 aliphatic rings. The number of nitrogens with zero attached hydrogens (tertiary/aromatic N) is 8. The van der Waals surface area contributed by atoms with E-state index in [9.17, 15) is 10.1 Å². The molecule has 0 N–H and O–H groups in total. The maximum atomic E-state index is 11.7. The lowest BCUT2D eigenvalue weighted by molar-refractivity contribution is -0.386. The van der Waals surface area contributed by atoms with Crippen LogP contribution >= 0.6 is 23.2 Å². The topological polar surface area (TPSA) is 135 Å². The van der Waals surface area contributed by atoms with Gasteiger partial charge in [-0.2, -0.15) is 10.1 Å². The molecule has 0 unspecified atom stereocenters. The Hall–Kier alpha value is -3.51. The van der Waals surface area contributed by atoms with Gasteiger partial charge in [0.25, 0.3) is 0 Å². The van der Waals surface area contributed by atoms with Gasteiger partial charge in [-0.15, -0.1) is 5.10 Å². The first-order chi connectivity index (χ1) is 17.6. The van der Waals surface area contributed by atoms with Crippen molar-refractivity contribution < 1.29 is 14.4 Å². The molecule has 3 heterocycles. The maximum absolute atomic E-state index is 11.7. The van der Waals surface area contributed by atoms with Crippen LogP contribution in [0.25, 0.3) is 16.7 Å². The third kappa shape index (κ3) is 7.26. The highest BCUT2D eigenvalue weighted by Crippen LogP contribution is 2.32. The van der Waals surface area contributed by atoms with E-state index < -0.39 is 4.92 Å². The van der Waals surface area contributed by atoms with Crippen molar-refractivity contribution >= 4 is 51.5 Å². The van der Waals surface area contributed by atoms with Crippen LogP contribution in [0.2, 0.25) is 10.4 Å². The van der Waals surface area contributed by atoms with Gasteiger partial charge in [-0.25, -0.2) is 19.3 Å². The average molecular weight is 553 g/mol. The van der Waals surface area contributed by atoms with Gasteiger partial charge in [0.1, 0.15) is 11.4 Å². The molecule has 0 atom stereocenters. The van der Waals surface area contributed by atoms with Crippen LogP contribution in [0, 0.1) is 17.0 Å². The molecule has 0 bridgehead atoms. The van der Waals surface area contributed by atoms with Crippen molar-refractivity contribution in [2.24, 2.45) is 4.99 Å². The molecule has 3 aromatic rings. The molecule has 3 aromatic heterocycles. The number of nitro groups is 1. The van der Waals surface area contributed by atoms with Crippen LogP contribution in [-0.2, 0) is 11.3 Å². The third-order valence-electron chi connectivity index (χ3n) is 4.61. The van der Waals surface area contributed by atoms with E-state index in [2.05, 4.69) is 45.6 Å². The Bertz CT molecular complexity index is 1330. The molecular formula is C23H30Cl2N8O4. The molecule has 0 amide bonds. The first-order valence-corrected chi connectivity index (χ1v) is 12.2. The first kappa shape index (κ1) is 29.7. The van der Waals surface area contributed by atoms with E-state index >= 15 is 0 Å². The Labute approximate surface area is 224 Å². The zero-order valence-electron chi connectivity index (χ0n) is 21.7. The zero-order chi connectivity index (χ0) is 27.7. The van der Waals surface area contributed by atoms with Crippen LogP contribution in [-0.4, -0.2) is 54.1 Å². The van der Waals surface area contributed by atoms with Crippen LogP contribution < -0.4 is 4.74 Å². The summed E-state index contributed by atoms with van der Waals surface area (Å²) in [5, 5.41) is 21.2. The molecule has 37 heavy (non-hydrogen) atoms. The highest BCUT2D eigenvalue weighted by molar-refractivity contribution is 6.34. The van der Waals surface area contributed by atoms with E-state index in [-0.39, 0.29) is 40.2 Å². The van der Waals surface area contributed by atoms with Gasteiger partial charge in [0.05, 0.1) is 24.0 Å². The van der Waals surface area contributed by atoms with E-state index in [0.29, 0.717) is 35.4 Å². The van der Waals surface area contributed by atoms with Crippen LogP contribution in [0.3, 0.4) is 0 Å². The van der Waals surface area contributed by atoms with Gasteiger partial charge in [0, 0.05) is 24.9 Å². The molecule has 0 aliphatic carbocycles. The quantitative estimate of drug-likeness (QED) is 0.0802. The monoisotopic (exact) mass is 552 g/mol. The lowest BCUT2D eigenvalue weighted by atomic mass is 10.3. The van der Waals surface area contributed by atoms with Crippen molar-refractivity contribution in [3.05, 3.63) is 50.8 Å². The van der Waals surface area contributed by atoms with Gasteiger partial charge in [0.2, 0.25) is 11.2 Å². The largest absolute Gasteiger partial charge is 0.479 e. The minimum Gasteiger partial charge on any atom is -0.479 e. The Balaban J connectivity index is 0.00000153. The highest BCUT2D eigenvalue weighted by Gasteiger charge is 2.29. The molecule has 0 aliphatic heterocycles. The second-order valence-corrected chi connectivity index (χ2v) is 8.43. The molecule has 0 saturated carbocycles. The third-order valence-corrected chi connectivity index (χ3v) is 5.07. The van der Waals surface area contributed by atoms with Crippen LogP contribution in [0.15, 0.2) is 29.5 Å². The molecule has 0 aromatic carbocycles. The van der Waals surface area contributed by atoms with E-state index in [4.69, 9.17) is 32.7 Å². The lowest BCUT2D eigenvalue weighted by Crippen LogP contribution is -2.14. The summed E-state index contributed by atoms with van der Waals surface area (Å²) in [6.07, 6.45) is 4.86. The predicted molar refractivity (Wildman–Crippen MR) is 144 cm³/mol. The minimum atomic E-state index is -0.538. The number of methoxy groups -OCH3 is 1. The number of hydrogen-bond donors (Lipinski definition) is 0. The van der Waals surface area contributed by atoms with Crippen molar-refractivity contribution in [2.45, 2.75) is 54.0 Å². The highest BCUT2D eigenvalue weighted by atomic mass is 35.5. The Kier molecular flexibility index (Phi) is 11.0. The molecule has 0 radical (unpaired) electrons. The predicted octanol–water partition coefficient (Wildman–Crippen LogP) is 5.87. The van der Waals surface area contributed by atoms with Crippen LogP contribution in [0.5, 0.6) is 5.88 Å². The standard InChI is InChI=1S/C20H22Cl2N8O4.C3H8/c1-6-14(18(33-5)24-11(2)3)29-12(4)15(30(31)32)19(27-29)34-9-7-8-28-17-13(16(21)26-28)10-23-20(22)25-17;1-3-2/h6,10H,2,7-9H2,1,3-5H3;3H2,1-2H3/b14-6+,24-18?;. The minimum absolute atomic E-state index is 0.0728. The normalized spacial score (nSPS) is 11.8. The Morgan fingerprint density at radius 1 is 1.32 bits per heavy atom. The van der Waals surface area contributed by atoms with Gasteiger partial charge in [0.15, 0.2) is 10.8 Å². The Morgan fingerprint density at radius 2 is 2.00 bits per heavy atom. The zero-order valence-corrected chi connectivity index (χ0v) is 23.2. The number of halogens is 2. The molecule has 200 valence electrons. The Morgan fingerprint density at radius 3 is 2.57 bits per heavy atom. The fourth-order valence-corrected chi connectivity index (χ4v) is 3.52. The van der Waals surface area contributed by atoms with Gasteiger partial charge in [-0.3, -0.25) is 10.1 Å².